The summed E-state index contributed by atoms with van der Waals surface area (Å²) in [5.41, 5.74) is 13.0. The van der Waals surface area contributed by atoms with E-state index >= 15 is 0 Å². The highest BCUT2D eigenvalue weighted by atomic mass is 16.4. The van der Waals surface area contributed by atoms with E-state index in [-0.39, 0.29) is 16.3 Å². The largest absolute Gasteiger partial charge is 0.481 e. The number of hydrogen-bond acceptors (Lipinski definition) is 6. The Morgan fingerprint density at radius 2 is 1.25 bits per heavy atom. The lowest BCUT2D eigenvalue weighted by Gasteiger charge is -2.17. The van der Waals surface area contributed by atoms with Crippen molar-refractivity contribution in [3.8, 4) is 0 Å². The van der Waals surface area contributed by atoms with Crippen LogP contribution >= 0.6 is 0 Å². The zero-order valence-electron chi connectivity index (χ0n) is 29.3. The van der Waals surface area contributed by atoms with Gasteiger partial charge in [-0.1, -0.05) is 53.7 Å². The number of imidazole rings is 2. The number of carboxylic acid groups (broad SMARTS) is 1. The fourth-order valence-corrected chi connectivity index (χ4v) is 4.70. The number of aliphatic carboxylic acids is 1. The highest BCUT2D eigenvalue weighted by molar-refractivity contribution is 5.85. The van der Waals surface area contributed by atoms with Crippen LogP contribution in [0.4, 0.5) is 22.7 Å². The molecule has 0 fully saturated rings. The van der Waals surface area contributed by atoms with Crippen LogP contribution in [0.15, 0.2) is 54.6 Å². The van der Waals surface area contributed by atoms with E-state index in [9.17, 15) is 4.79 Å². The summed E-state index contributed by atoms with van der Waals surface area (Å²) >= 11 is 0. The summed E-state index contributed by atoms with van der Waals surface area (Å²) in [6.45, 7) is 27.7. The molecule has 5 rings (SSSR count). The number of benzene rings is 3. The van der Waals surface area contributed by atoms with Gasteiger partial charge >= 0.3 is 0 Å². The Morgan fingerprint density at radius 1 is 0.833 bits per heavy atom. The minimum absolute atomic E-state index is 0. The number of fused-ring (bicyclic) bond motifs is 2. The Labute approximate surface area is 282 Å². The SMILES string of the molecule is CC(=O)O.Cn1c(C(C)(C)C)nc2ccc(C=O)cc21.O.[C-]#[N+]c1ccc(N)c(NC)c1.[C-]#[N+]c1ccc2nc(C(C)(C)C)n(C)c2c1. The van der Waals surface area contributed by atoms with E-state index in [4.69, 9.17) is 28.8 Å². The van der Waals surface area contributed by atoms with Gasteiger partial charge in [0.05, 0.1) is 40.9 Å². The molecule has 5 aromatic rings. The second kappa shape index (κ2) is 16.7. The number of aromatic nitrogens is 4. The third-order valence-corrected chi connectivity index (χ3v) is 6.81. The van der Waals surface area contributed by atoms with Gasteiger partial charge in [0.2, 0.25) is 0 Å². The Morgan fingerprint density at radius 3 is 1.67 bits per heavy atom. The lowest BCUT2D eigenvalue weighted by molar-refractivity contribution is -0.134. The van der Waals surface area contributed by atoms with E-state index in [0.29, 0.717) is 22.6 Å². The number of carbonyl (C=O) groups is 2. The average Bonchev–Trinajstić information content (AvgIpc) is 3.53. The maximum atomic E-state index is 10.7. The minimum Gasteiger partial charge on any atom is -0.481 e. The molecule has 0 unspecified atom stereocenters. The first-order chi connectivity index (χ1) is 21.9. The van der Waals surface area contributed by atoms with Crippen molar-refractivity contribution >= 4 is 57.1 Å². The first kappa shape index (κ1) is 40.3. The van der Waals surface area contributed by atoms with Crippen molar-refractivity contribution in [1.29, 1.82) is 0 Å². The Bertz CT molecular complexity index is 1960. The van der Waals surface area contributed by atoms with Gasteiger partial charge in [-0.05, 0) is 42.5 Å². The Balaban J connectivity index is 0.000000343. The predicted molar refractivity (Wildman–Crippen MR) is 194 cm³/mol. The number of nitrogens with zero attached hydrogens (tertiary/aromatic N) is 6. The van der Waals surface area contributed by atoms with Crippen LogP contribution in [0.3, 0.4) is 0 Å². The number of anilines is 2. The lowest BCUT2D eigenvalue weighted by Crippen LogP contribution is -2.17. The van der Waals surface area contributed by atoms with Gasteiger partial charge in [0, 0.05) is 50.1 Å². The van der Waals surface area contributed by atoms with Gasteiger partial charge in [0.1, 0.15) is 17.9 Å². The second-order valence-corrected chi connectivity index (χ2v) is 12.8. The molecule has 254 valence electrons. The third kappa shape index (κ3) is 10.4. The van der Waals surface area contributed by atoms with Crippen LogP contribution in [-0.4, -0.2) is 49.0 Å². The first-order valence-corrected chi connectivity index (χ1v) is 14.8. The smallest absolute Gasteiger partial charge is 0.300 e. The molecule has 0 amide bonds. The Hall–Kier alpha value is -5.72. The second-order valence-electron chi connectivity index (χ2n) is 12.8. The number of carboxylic acids is 1. The molecule has 0 saturated heterocycles. The summed E-state index contributed by atoms with van der Waals surface area (Å²) in [4.78, 5) is 35.7. The summed E-state index contributed by atoms with van der Waals surface area (Å²) in [6, 6.07) is 16.3. The monoisotopic (exact) mass is 654 g/mol. The van der Waals surface area contributed by atoms with Crippen LogP contribution in [0.2, 0.25) is 0 Å². The molecule has 0 spiro atoms. The molecule has 2 aromatic heterocycles. The summed E-state index contributed by atoms with van der Waals surface area (Å²) < 4.78 is 4.13. The van der Waals surface area contributed by atoms with Crippen LogP contribution in [0.25, 0.3) is 31.8 Å². The molecule has 6 N–H and O–H groups in total. The van der Waals surface area contributed by atoms with Gasteiger partial charge in [0.25, 0.3) is 5.97 Å². The van der Waals surface area contributed by atoms with E-state index < -0.39 is 5.97 Å². The van der Waals surface area contributed by atoms with Gasteiger partial charge < -0.3 is 30.8 Å². The number of aldehydes is 1. The number of hydrogen-bond donors (Lipinski definition) is 3. The standard InChI is InChI=1S/C13H15N3.C13H16N2O.C8H9N3.C2H4O2.H2O/c1-13(2,3)12-15-10-7-6-9(14-4)8-11(10)16(12)5;1-13(2,3)12-14-10-6-5-9(8-16)7-11(10)15(12)4;1-10-6-3-4-7(9)8(5-6)11-2;1-2(3)4;/h6-8H,1-3,5H3;5-8H,1-4H3;3-5,11H,9H2,2H3;1H3,(H,3,4);1H2. The highest BCUT2D eigenvalue weighted by Gasteiger charge is 2.22. The maximum Gasteiger partial charge on any atom is 0.300 e. The Kier molecular flexibility index (Phi) is 14.0. The fraction of sp³-hybridized carbons (Fsp3) is 0.333. The molecule has 12 nitrogen and oxygen atoms in total. The molecule has 0 saturated carbocycles. The van der Waals surface area contributed by atoms with Crippen LogP contribution in [0.5, 0.6) is 0 Å². The van der Waals surface area contributed by atoms with Crippen molar-refractivity contribution in [3.05, 3.63) is 94.6 Å². The van der Waals surface area contributed by atoms with Gasteiger partial charge in [-0.3, -0.25) is 9.59 Å². The average molecular weight is 655 g/mol. The van der Waals surface area contributed by atoms with Gasteiger partial charge in [0.15, 0.2) is 11.4 Å². The molecular formula is C36H46N8O4. The number of carbonyl (C=O) groups excluding carboxylic acids is 1. The van der Waals surface area contributed by atoms with Crippen molar-refractivity contribution in [3.63, 3.8) is 0 Å². The van der Waals surface area contributed by atoms with Crippen molar-refractivity contribution in [2.24, 2.45) is 14.1 Å². The molecule has 0 bridgehead atoms. The molecule has 12 heteroatoms. The van der Waals surface area contributed by atoms with Gasteiger partial charge in [-0.25, -0.2) is 19.7 Å². The summed E-state index contributed by atoms with van der Waals surface area (Å²) in [5, 5.41) is 10.3. The molecule has 48 heavy (non-hydrogen) atoms. The number of nitrogen functional groups attached to an aromatic ring is 1. The molecule has 3 aromatic carbocycles. The lowest BCUT2D eigenvalue weighted by atomic mass is 9.96. The summed E-state index contributed by atoms with van der Waals surface area (Å²) in [5.74, 6) is 1.25. The molecule has 0 aliphatic heterocycles. The number of nitrogens with two attached hydrogens (primary N) is 1. The van der Waals surface area contributed by atoms with E-state index in [2.05, 4.69) is 75.7 Å². The first-order valence-electron chi connectivity index (χ1n) is 14.8. The molecule has 0 aliphatic rings. The molecule has 0 atom stereocenters. The summed E-state index contributed by atoms with van der Waals surface area (Å²) in [6.07, 6.45) is 0.864. The zero-order valence-corrected chi connectivity index (χ0v) is 29.3. The molecule has 0 radical (unpaired) electrons. The summed E-state index contributed by atoms with van der Waals surface area (Å²) in [7, 11) is 5.77. The van der Waals surface area contributed by atoms with Crippen molar-refractivity contribution in [2.75, 3.05) is 18.1 Å². The van der Waals surface area contributed by atoms with E-state index in [1.165, 1.54) is 0 Å². The van der Waals surface area contributed by atoms with E-state index in [1.54, 1.807) is 31.3 Å². The number of rotatable bonds is 2. The van der Waals surface area contributed by atoms with Gasteiger partial charge in [-0.2, -0.15) is 0 Å². The van der Waals surface area contributed by atoms with Crippen molar-refractivity contribution in [1.82, 2.24) is 19.1 Å². The van der Waals surface area contributed by atoms with Gasteiger partial charge in [-0.15, -0.1) is 0 Å². The van der Waals surface area contributed by atoms with Crippen LogP contribution in [0, 0.1) is 13.1 Å². The fourth-order valence-electron chi connectivity index (χ4n) is 4.70. The van der Waals surface area contributed by atoms with Crippen LogP contribution in [-0.2, 0) is 29.7 Å². The number of aryl methyl sites for hydroxylation is 2. The van der Waals surface area contributed by atoms with Crippen molar-refractivity contribution in [2.45, 2.75) is 59.3 Å². The highest BCUT2D eigenvalue weighted by Crippen LogP contribution is 2.28. The van der Waals surface area contributed by atoms with Crippen molar-refractivity contribution < 1.29 is 20.2 Å². The van der Waals surface area contributed by atoms with E-state index in [1.807, 2.05) is 44.4 Å². The predicted octanol–water partition coefficient (Wildman–Crippen LogP) is 7.23. The van der Waals surface area contributed by atoms with Crippen LogP contribution in [0.1, 0.15) is 70.5 Å². The normalized spacial score (nSPS) is 10.4. The third-order valence-electron chi connectivity index (χ3n) is 6.81. The van der Waals surface area contributed by atoms with Crippen LogP contribution < -0.4 is 11.1 Å². The minimum atomic E-state index is -0.833. The van der Waals surface area contributed by atoms with E-state index in [0.717, 1.165) is 52.6 Å². The molecular weight excluding hydrogens is 608 g/mol. The quantitative estimate of drug-likeness (QED) is 0.102. The topological polar surface area (TPSA) is 168 Å². The maximum absolute atomic E-state index is 10.7. The number of nitrogens with one attached hydrogen (secondary N) is 1. The molecule has 0 aliphatic carbocycles. The molecule has 2 heterocycles. The zero-order chi connectivity index (χ0) is 35.7.